The van der Waals surface area contributed by atoms with E-state index in [1.54, 1.807) is 48.4 Å². The Morgan fingerprint density at radius 3 is 2.50 bits per heavy atom. The minimum atomic E-state index is -1.25. The van der Waals surface area contributed by atoms with Gasteiger partial charge in [0, 0.05) is 12.2 Å². The Labute approximate surface area is 249 Å². The minimum Gasteiger partial charge on any atom is -0.497 e. The van der Waals surface area contributed by atoms with E-state index in [9.17, 15) is 19.5 Å². The summed E-state index contributed by atoms with van der Waals surface area (Å²) in [6.45, 7) is 15.6. The molecule has 3 aliphatic rings. The number of rotatable bonds is 14. The summed E-state index contributed by atoms with van der Waals surface area (Å²) in [5, 5.41) is 10.6. The van der Waals surface area contributed by atoms with E-state index in [0.717, 1.165) is 0 Å². The van der Waals surface area contributed by atoms with Gasteiger partial charge in [0.05, 0.1) is 37.9 Å². The molecule has 9 nitrogen and oxygen atoms in total. The predicted molar refractivity (Wildman–Crippen MR) is 160 cm³/mol. The molecule has 3 aliphatic heterocycles. The molecule has 230 valence electrons. The van der Waals surface area contributed by atoms with Gasteiger partial charge in [0.15, 0.2) is 0 Å². The van der Waals surface area contributed by atoms with Gasteiger partial charge < -0.3 is 29.1 Å². The lowest BCUT2D eigenvalue weighted by Crippen LogP contribution is -2.59. The lowest BCUT2D eigenvalue weighted by Gasteiger charge is -2.40. The quantitative estimate of drug-likeness (QED) is 0.200. The second kappa shape index (κ2) is 12.6. The summed E-state index contributed by atoms with van der Waals surface area (Å²) < 4.78 is 17.8. The monoisotopic (exact) mass is 582 g/mol. The summed E-state index contributed by atoms with van der Waals surface area (Å²) in [6, 6.07) is 5.44. The normalized spacial score (nSPS) is 30.3. The molecular formula is C33H46N2O7. The van der Waals surface area contributed by atoms with Gasteiger partial charge in [0.1, 0.15) is 23.3 Å². The molecule has 42 heavy (non-hydrogen) atoms. The van der Waals surface area contributed by atoms with Gasteiger partial charge in [-0.1, -0.05) is 32.9 Å². The van der Waals surface area contributed by atoms with Crippen LogP contribution in [0.1, 0.15) is 53.4 Å². The van der Waals surface area contributed by atoms with E-state index in [1.165, 1.54) is 4.90 Å². The van der Waals surface area contributed by atoms with Crippen LogP contribution in [0.4, 0.5) is 5.69 Å². The van der Waals surface area contributed by atoms with Crippen LogP contribution in [0.15, 0.2) is 49.6 Å². The molecule has 1 aromatic carbocycles. The maximum atomic E-state index is 14.8. The first kappa shape index (κ1) is 31.8. The fraction of sp³-hybridized carbons (Fsp3) is 0.606. The predicted octanol–water partition coefficient (Wildman–Crippen LogP) is 4.14. The Kier molecular flexibility index (Phi) is 9.52. The average molecular weight is 583 g/mol. The van der Waals surface area contributed by atoms with E-state index in [-0.39, 0.29) is 43.4 Å². The third kappa shape index (κ3) is 5.26. The number of carbonyl (C=O) groups excluding carboxylic acids is 3. The molecular weight excluding hydrogens is 536 g/mol. The molecule has 1 aromatic rings. The number of amides is 2. The van der Waals surface area contributed by atoms with E-state index < -0.39 is 41.1 Å². The van der Waals surface area contributed by atoms with Crippen molar-refractivity contribution in [3.8, 4) is 5.75 Å². The Morgan fingerprint density at radius 2 is 1.93 bits per heavy atom. The van der Waals surface area contributed by atoms with Gasteiger partial charge in [-0.05, 0) is 68.7 Å². The third-order valence-corrected chi connectivity index (χ3v) is 9.35. The van der Waals surface area contributed by atoms with E-state index in [0.29, 0.717) is 37.1 Å². The molecule has 0 saturated carbocycles. The summed E-state index contributed by atoms with van der Waals surface area (Å²) in [4.78, 5) is 46.1. The molecule has 1 N–H and O–H groups in total. The number of aliphatic hydroxyl groups is 1. The van der Waals surface area contributed by atoms with Crippen molar-refractivity contribution in [3.63, 3.8) is 0 Å². The molecule has 3 saturated heterocycles. The first-order valence-electron chi connectivity index (χ1n) is 15.0. The van der Waals surface area contributed by atoms with Crippen molar-refractivity contribution in [2.24, 2.45) is 23.7 Å². The molecule has 4 rings (SSSR count). The summed E-state index contributed by atoms with van der Waals surface area (Å²) in [7, 11) is 1.57. The Bertz CT molecular complexity index is 1180. The Balaban J connectivity index is 1.82. The number of anilines is 1. The van der Waals surface area contributed by atoms with Crippen molar-refractivity contribution in [2.75, 3.05) is 31.8 Å². The number of benzene rings is 1. The molecule has 0 aromatic heterocycles. The highest BCUT2D eigenvalue weighted by molar-refractivity contribution is 6.05. The third-order valence-electron chi connectivity index (χ3n) is 9.35. The van der Waals surface area contributed by atoms with Crippen molar-refractivity contribution in [1.29, 1.82) is 0 Å². The second-order valence-electron chi connectivity index (χ2n) is 12.4. The maximum absolute atomic E-state index is 14.8. The molecule has 2 amide bonds. The standard InChI is InChI=1S/C33H46N2O7/c1-8-10-11-17-41-31(39)27-26-29(37)35(24(20-36)18-21(3)4)28(33(26)19-22(5)32(27,6)42-33)30(38)34(16-9-2)23-12-14-25(40-7)15-13-23/h8-9,12-15,21-22,24,26-28,36H,1-2,10-11,16-20H2,3-7H3/t22?,24-,26+,27-,28?,32+,33?/m1/s1. The number of aliphatic hydroxyl groups excluding tert-OH is 1. The van der Waals surface area contributed by atoms with Gasteiger partial charge in [0.25, 0.3) is 5.91 Å². The molecule has 0 aliphatic carbocycles. The van der Waals surface area contributed by atoms with Crippen LogP contribution in [-0.2, 0) is 23.9 Å². The van der Waals surface area contributed by atoms with Gasteiger partial charge in [-0.25, -0.2) is 0 Å². The SMILES string of the molecule is C=CCCCOC(=O)[C@H]1[C@H]2C(=O)N([C@@H](CO)CC(C)C)C(C(=O)N(CC=C)c3ccc(OC)cc3)C23CC(C)[C@]1(C)O3. The number of hydrogen-bond acceptors (Lipinski definition) is 7. The zero-order valence-corrected chi connectivity index (χ0v) is 25.6. The molecule has 7 atom stereocenters. The van der Waals surface area contributed by atoms with Crippen LogP contribution < -0.4 is 9.64 Å². The highest BCUT2D eigenvalue weighted by Crippen LogP contribution is 2.65. The molecule has 2 bridgehead atoms. The summed E-state index contributed by atoms with van der Waals surface area (Å²) in [6.07, 6.45) is 5.65. The summed E-state index contributed by atoms with van der Waals surface area (Å²) in [5.74, 6) is -2.26. The van der Waals surface area contributed by atoms with E-state index >= 15 is 0 Å². The Hall–Kier alpha value is -3.17. The lowest BCUT2D eigenvalue weighted by atomic mass is 9.62. The fourth-order valence-corrected chi connectivity index (χ4v) is 7.38. The van der Waals surface area contributed by atoms with Crippen molar-refractivity contribution >= 4 is 23.5 Å². The van der Waals surface area contributed by atoms with Crippen molar-refractivity contribution in [2.45, 2.75) is 76.7 Å². The summed E-state index contributed by atoms with van der Waals surface area (Å²) in [5.41, 5.74) is -1.61. The number of methoxy groups -OCH3 is 1. The van der Waals surface area contributed by atoms with Crippen molar-refractivity contribution in [1.82, 2.24) is 4.90 Å². The zero-order valence-electron chi connectivity index (χ0n) is 25.6. The van der Waals surface area contributed by atoms with E-state index in [4.69, 9.17) is 14.2 Å². The van der Waals surface area contributed by atoms with Gasteiger partial charge in [-0.15, -0.1) is 13.2 Å². The molecule has 1 spiro atoms. The van der Waals surface area contributed by atoms with Gasteiger partial charge in [0.2, 0.25) is 5.91 Å². The highest BCUT2D eigenvalue weighted by Gasteiger charge is 2.80. The number of allylic oxidation sites excluding steroid dienone is 1. The second-order valence-corrected chi connectivity index (χ2v) is 12.4. The lowest BCUT2D eigenvalue weighted by molar-refractivity contribution is -0.162. The zero-order chi connectivity index (χ0) is 30.8. The number of ether oxygens (including phenoxy) is 3. The van der Waals surface area contributed by atoms with Crippen LogP contribution in [0.25, 0.3) is 0 Å². The average Bonchev–Trinajstić information content (AvgIpc) is 3.48. The van der Waals surface area contributed by atoms with Gasteiger partial charge >= 0.3 is 5.97 Å². The molecule has 3 fully saturated rings. The minimum absolute atomic E-state index is 0.117. The van der Waals surface area contributed by atoms with Crippen LogP contribution in [0.3, 0.4) is 0 Å². The van der Waals surface area contributed by atoms with Crippen LogP contribution in [0.5, 0.6) is 5.75 Å². The number of fused-ring (bicyclic) bond motifs is 1. The number of likely N-dealkylation sites (tertiary alicyclic amines) is 1. The van der Waals surface area contributed by atoms with Gasteiger partial charge in [-0.3, -0.25) is 14.4 Å². The van der Waals surface area contributed by atoms with Crippen LogP contribution in [0, 0.1) is 23.7 Å². The van der Waals surface area contributed by atoms with Crippen LogP contribution >= 0.6 is 0 Å². The molecule has 3 heterocycles. The van der Waals surface area contributed by atoms with Crippen LogP contribution in [-0.4, -0.2) is 77.9 Å². The highest BCUT2D eigenvalue weighted by atomic mass is 16.6. The largest absolute Gasteiger partial charge is 0.497 e. The van der Waals surface area contributed by atoms with Crippen LogP contribution in [0.2, 0.25) is 0 Å². The number of carbonyl (C=O) groups is 3. The molecule has 9 heteroatoms. The molecule has 3 unspecified atom stereocenters. The maximum Gasteiger partial charge on any atom is 0.312 e. The number of hydrogen-bond donors (Lipinski definition) is 1. The van der Waals surface area contributed by atoms with E-state index in [2.05, 4.69) is 13.2 Å². The number of unbranched alkanes of at least 4 members (excludes halogenated alkanes) is 1. The van der Waals surface area contributed by atoms with Crippen molar-refractivity contribution < 1.29 is 33.7 Å². The number of esters is 1. The topological polar surface area (TPSA) is 106 Å². The fourth-order valence-electron chi connectivity index (χ4n) is 7.38. The Morgan fingerprint density at radius 1 is 1.24 bits per heavy atom. The number of nitrogens with zero attached hydrogens (tertiary/aromatic N) is 2. The smallest absolute Gasteiger partial charge is 0.312 e. The van der Waals surface area contributed by atoms with E-state index in [1.807, 2.05) is 27.7 Å². The molecule has 0 radical (unpaired) electrons. The first-order valence-corrected chi connectivity index (χ1v) is 15.0. The summed E-state index contributed by atoms with van der Waals surface area (Å²) >= 11 is 0. The van der Waals surface area contributed by atoms with Gasteiger partial charge in [-0.2, -0.15) is 0 Å². The first-order chi connectivity index (χ1) is 20.0. The van der Waals surface area contributed by atoms with Crippen molar-refractivity contribution in [3.05, 3.63) is 49.6 Å².